The summed E-state index contributed by atoms with van der Waals surface area (Å²) in [4.78, 5) is 11.0. The highest BCUT2D eigenvalue weighted by Gasteiger charge is 2.46. The van der Waals surface area contributed by atoms with Gasteiger partial charge in [-0.25, -0.2) is 0 Å². The summed E-state index contributed by atoms with van der Waals surface area (Å²) in [5.74, 6) is -0.225. The van der Waals surface area contributed by atoms with E-state index < -0.39 is 24.2 Å². The zero-order chi connectivity index (χ0) is 11.2. The number of fused-ring (bicyclic) bond motifs is 1. The number of aliphatic hydroxyl groups is 2. The van der Waals surface area contributed by atoms with Crippen LogP contribution in [0.2, 0.25) is 0 Å². The lowest BCUT2D eigenvalue weighted by molar-refractivity contribution is -0.559. The Morgan fingerprint density at radius 2 is 2.20 bits per heavy atom. The van der Waals surface area contributed by atoms with E-state index in [0.717, 1.165) is 0 Å². The lowest BCUT2D eigenvalue weighted by atomic mass is 10.0. The summed E-state index contributed by atoms with van der Waals surface area (Å²) in [5, 5.41) is 21.9. The first-order chi connectivity index (χ1) is 7.00. The van der Waals surface area contributed by atoms with Crippen LogP contribution >= 0.6 is 0 Å². The van der Waals surface area contributed by atoms with Crippen molar-refractivity contribution in [2.45, 2.75) is 30.7 Å². The van der Waals surface area contributed by atoms with E-state index in [1.54, 1.807) is 4.58 Å². The zero-order valence-corrected chi connectivity index (χ0v) is 8.13. The molecule has 0 spiro atoms. The first-order valence-corrected chi connectivity index (χ1v) is 4.81. The van der Waals surface area contributed by atoms with Crippen LogP contribution < -0.4 is 16.8 Å². The molecule has 7 heteroatoms. The maximum absolute atomic E-state index is 11.0. The molecule has 84 valence electrons. The molecule has 2 rings (SSSR count). The first-order valence-electron chi connectivity index (χ1n) is 4.81. The highest BCUT2D eigenvalue weighted by molar-refractivity contribution is 5.86. The summed E-state index contributed by atoms with van der Waals surface area (Å²) in [5.41, 5.74) is 10.8. The molecule has 1 saturated heterocycles. The second-order valence-corrected chi connectivity index (χ2v) is 4.00. The van der Waals surface area contributed by atoms with Gasteiger partial charge in [0.1, 0.15) is 18.2 Å². The number of nitrogens with zero attached hydrogens (tertiary/aromatic N) is 1. The fourth-order valence-electron chi connectivity index (χ4n) is 2.18. The summed E-state index contributed by atoms with van der Waals surface area (Å²) in [6.45, 7) is 0.274. The molecular weight excluding hydrogens is 200 g/mol. The van der Waals surface area contributed by atoms with Crippen molar-refractivity contribution in [2.75, 3.05) is 6.54 Å². The molecule has 0 unspecified atom stereocenters. The van der Waals surface area contributed by atoms with E-state index in [1.807, 2.05) is 0 Å². The fraction of sp³-hybridized carbons (Fsp3) is 0.750. The predicted octanol–water partition coefficient (Wildman–Crippen LogP) is -3.74. The van der Waals surface area contributed by atoms with Crippen LogP contribution in [0, 0.1) is 0 Å². The van der Waals surface area contributed by atoms with Gasteiger partial charge in [-0.15, -0.1) is 0 Å². The van der Waals surface area contributed by atoms with Crippen LogP contribution in [0.1, 0.15) is 6.42 Å². The Balaban J connectivity index is 2.26. The number of nitrogens with two attached hydrogens (primary N) is 2. The molecule has 4 atom stereocenters. The maximum atomic E-state index is 11.0. The largest absolute Gasteiger partial charge is 0.387 e. The van der Waals surface area contributed by atoms with Gasteiger partial charge >= 0.3 is 5.96 Å². The monoisotopic (exact) mass is 215 g/mol. The van der Waals surface area contributed by atoms with Crippen molar-refractivity contribution in [1.29, 1.82) is 0 Å². The number of hydrogen-bond donors (Lipinski definition) is 5. The van der Waals surface area contributed by atoms with E-state index in [0.29, 0.717) is 6.42 Å². The fourth-order valence-corrected chi connectivity index (χ4v) is 2.18. The van der Waals surface area contributed by atoms with Crippen LogP contribution in [0.5, 0.6) is 0 Å². The van der Waals surface area contributed by atoms with Gasteiger partial charge in [-0.3, -0.25) is 20.4 Å². The standard InChI is InChI=1S/C8H14N4O3/c9-7(15)3-1-4-6(14)5(13)2-12(4)8(10)11-3/h3-6,13-14H,1-2H2,(H4,9,10,11,15)/p+1/t3-,4+,5+,6+/m0/s1. The number of aliphatic hydroxyl groups excluding tert-OH is 2. The zero-order valence-electron chi connectivity index (χ0n) is 8.13. The van der Waals surface area contributed by atoms with Crippen LogP contribution in [0.25, 0.3) is 0 Å². The third-order valence-corrected chi connectivity index (χ3v) is 3.02. The molecule has 0 aromatic heterocycles. The van der Waals surface area contributed by atoms with Gasteiger partial charge < -0.3 is 15.9 Å². The third kappa shape index (κ3) is 1.53. The highest BCUT2D eigenvalue weighted by Crippen LogP contribution is 2.21. The molecule has 15 heavy (non-hydrogen) atoms. The summed E-state index contributed by atoms with van der Waals surface area (Å²) >= 11 is 0. The van der Waals surface area contributed by atoms with Crippen molar-refractivity contribution in [1.82, 2.24) is 5.32 Å². The summed E-state index contributed by atoms with van der Waals surface area (Å²) in [6.07, 6.45) is -1.36. The summed E-state index contributed by atoms with van der Waals surface area (Å²) < 4.78 is 1.66. The van der Waals surface area contributed by atoms with Crippen molar-refractivity contribution in [2.24, 2.45) is 11.5 Å². The minimum atomic E-state index is -0.882. The van der Waals surface area contributed by atoms with Crippen LogP contribution in [0.3, 0.4) is 0 Å². The number of carbonyl (C=O) groups is 1. The Morgan fingerprint density at radius 3 is 2.80 bits per heavy atom. The number of amides is 1. The smallest absolute Gasteiger partial charge is 0.344 e. The Labute approximate surface area is 86.4 Å². The van der Waals surface area contributed by atoms with Crippen LogP contribution in [0.4, 0.5) is 0 Å². The van der Waals surface area contributed by atoms with Gasteiger partial charge in [-0.1, -0.05) is 0 Å². The molecule has 0 radical (unpaired) electrons. The van der Waals surface area contributed by atoms with Crippen LogP contribution in [-0.2, 0) is 4.79 Å². The molecule has 0 aromatic rings. The normalized spacial score (nSPS) is 39.9. The number of guanidine groups is 1. The molecule has 7 nitrogen and oxygen atoms in total. The lowest BCUT2D eigenvalue weighted by Crippen LogP contribution is -2.59. The van der Waals surface area contributed by atoms with Crippen molar-refractivity contribution < 1.29 is 19.6 Å². The topological polar surface area (TPSA) is 125 Å². The second kappa shape index (κ2) is 3.35. The molecule has 2 aliphatic heterocycles. The van der Waals surface area contributed by atoms with Crippen molar-refractivity contribution >= 4 is 11.9 Å². The molecule has 0 aliphatic carbocycles. The van der Waals surface area contributed by atoms with Gasteiger partial charge in [-0.2, -0.15) is 0 Å². The average Bonchev–Trinajstić information content (AvgIpc) is 2.45. The summed E-state index contributed by atoms with van der Waals surface area (Å²) in [6, 6.07) is -0.912. The van der Waals surface area contributed by atoms with E-state index in [1.165, 1.54) is 0 Å². The van der Waals surface area contributed by atoms with Crippen LogP contribution in [-0.4, -0.2) is 57.5 Å². The molecule has 1 amide bonds. The number of primary amides is 1. The summed E-state index contributed by atoms with van der Waals surface area (Å²) in [7, 11) is 0. The number of rotatable bonds is 1. The molecule has 7 N–H and O–H groups in total. The molecule has 0 aromatic carbocycles. The minimum absolute atomic E-state index is 0.274. The van der Waals surface area contributed by atoms with Crippen molar-refractivity contribution in [3.8, 4) is 0 Å². The maximum Gasteiger partial charge on any atom is 0.344 e. The minimum Gasteiger partial charge on any atom is -0.387 e. The molecule has 2 aliphatic rings. The quantitative estimate of drug-likeness (QED) is 0.287. The van der Waals surface area contributed by atoms with E-state index in [2.05, 4.69) is 5.32 Å². The van der Waals surface area contributed by atoms with Gasteiger partial charge in [0, 0.05) is 6.42 Å². The molecule has 1 fully saturated rings. The number of nitrogens with one attached hydrogen (secondary N) is 1. The van der Waals surface area contributed by atoms with Gasteiger partial charge in [0.15, 0.2) is 6.04 Å². The Kier molecular flexibility index (Phi) is 2.28. The average molecular weight is 215 g/mol. The van der Waals surface area contributed by atoms with Crippen molar-refractivity contribution in [3.05, 3.63) is 0 Å². The van der Waals surface area contributed by atoms with Gasteiger partial charge in [0.05, 0.1) is 6.54 Å². The Hall–Kier alpha value is -1.34. The van der Waals surface area contributed by atoms with Crippen LogP contribution in [0.15, 0.2) is 0 Å². The SMILES string of the molecule is NC(=O)[C@@H]1C[C@@H]2[C@@H](O)[C@H](O)C[N+]2=C(N)N1. The number of carbonyl (C=O) groups excluding carboxylic acids is 1. The molecule has 2 heterocycles. The Morgan fingerprint density at radius 1 is 1.53 bits per heavy atom. The predicted molar refractivity (Wildman–Crippen MR) is 50.9 cm³/mol. The first kappa shape index (κ1) is 10.2. The highest BCUT2D eigenvalue weighted by atomic mass is 16.3. The van der Waals surface area contributed by atoms with Crippen molar-refractivity contribution in [3.63, 3.8) is 0 Å². The van der Waals surface area contributed by atoms with Gasteiger partial charge in [-0.05, 0) is 0 Å². The van der Waals surface area contributed by atoms with E-state index >= 15 is 0 Å². The Bertz CT molecular complexity index is 330. The van der Waals surface area contributed by atoms with E-state index in [4.69, 9.17) is 11.5 Å². The van der Waals surface area contributed by atoms with E-state index in [9.17, 15) is 15.0 Å². The van der Waals surface area contributed by atoms with E-state index in [-0.39, 0.29) is 18.5 Å². The number of hydrogen-bond acceptors (Lipinski definition) is 5. The molecule has 0 saturated carbocycles. The van der Waals surface area contributed by atoms with Gasteiger partial charge in [0.25, 0.3) is 5.91 Å². The van der Waals surface area contributed by atoms with Gasteiger partial charge in [0.2, 0.25) is 0 Å². The second-order valence-electron chi connectivity index (χ2n) is 4.00. The lowest BCUT2D eigenvalue weighted by Gasteiger charge is -2.25. The molecule has 0 bridgehead atoms. The third-order valence-electron chi connectivity index (χ3n) is 3.02. The molecular formula is C8H15N4O3+.